The first-order valence-electron chi connectivity index (χ1n) is 5.84. The molecule has 1 atom stereocenters. The molecule has 0 spiro atoms. The molecule has 2 rings (SSSR count). The maximum atomic E-state index is 11.1. The van der Waals surface area contributed by atoms with Crippen molar-refractivity contribution in [3.63, 3.8) is 0 Å². The smallest absolute Gasteiger partial charge is 0.337 e. The molecule has 0 bridgehead atoms. The van der Waals surface area contributed by atoms with E-state index in [0.29, 0.717) is 11.3 Å². The zero-order chi connectivity index (χ0) is 13.0. The van der Waals surface area contributed by atoms with E-state index in [0.717, 1.165) is 6.42 Å². The number of anilines is 1. The minimum atomic E-state index is -0.904. The van der Waals surface area contributed by atoms with Crippen molar-refractivity contribution in [3.8, 4) is 0 Å². The lowest BCUT2D eigenvalue weighted by molar-refractivity contribution is 0.0698. The van der Waals surface area contributed by atoms with Crippen molar-refractivity contribution in [2.24, 2.45) is 0 Å². The Labute approximate surface area is 110 Å². The van der Waals surface area contributed by atoms with Crippen molar-refractivity contribution in [2.45, 2.75) is 19.4 Å². The molecule has 0 radical (unpaired) electrons. The van der Waals surface area contributed by atoms with Crippen molar-refractivity contribution in [1.82, 2.24) is 0 Å². The summed E-state index contributed by atoms with van der Waals surface area (Å²) >= 11 is 1.68. The van der Waals surface area contributed by atoms with Gasteiger partial charge in [0.05, 0.1) is 11.6 Å². The van der Waals surface area contributed by atoms with Crippen molar-refractivity contribution in [1.29, 1.82) is 0 Å². The van der Waals surface area contributed by atoms with Gasteiger partial charge in [0.2, 0.25) is 0 Å². The van der Waals surface area contributed by atoms with E-state index in [1.165, 1.54) is 4.88 Å². The predicted octanol–water partition coefficient (Wildman–Crippen LogP) is 4.01. The minimum absolute atomic E-state index is 0.158. The van der Waals surface area contributed by atoms with Gasteiger partial charge >= 0.3 is 5.97 Å². The van der Waals surface area contributed by atoms with Gasteiger partial charge in [-0.05, 0) is 30.0 Å². The summed E-state index contributed by atoms with van der Waals surface area (Å²) in [5, 5.41) is 14.5. The molecule has 1 heterocycles. The monoisotopic (exact) mass is 261 g/mol. The Morgan fingerprint density at radius 1 is 1.33 bits per heavy atom. The quantitative estimate of drug-likeness (QED) is 0.855. The number of hydrogen-bond donors (Lipinski definition) is 2. The number of benzene rings is 1. The summed E-state index contributed by atoms with van der Waals surface area (Å²) in [5.74, 6) is -0.904. The summed E-state index contributed by atoms with van der Waals surface area (Å²) in [7, 11) is 0. The molecule has 0 amide bonds. The maximum absolute atomic E-state index is 11.1. The highest BCUT2D eigenvalue weighted by Crippen LogP contribution is 2.27. The molecule has 1 aromatic heterocycles. The van der Waals surface area contributed by atoms with Crippen LogP contribution in [0.25, 0.3) is 0 Å². The van der Waals surface area contributed by atoms with E-state index in [4.69, 9.17) is 5.11 Å². The molecule has 0 fully saturated rings. The second kappa shape index (κ2) is 5.69. The van der Waals surface area contributed by atoms with E-state index in [2.05, 4.69) is 18.3 Å². The highest BCUT2D eigenvalue weighted by molar-refractivity contribution is 7.10. The molecule has 4 heteroatoms. The molecule has 0 saturated carbocycles. The molecular formula is C14H15NO2S. The number of para-hydroxylation sites is 1. The van der Waals surface area contributed by atoms with Gasteiger partial charge in [0.1, 0.15) is 0 Å². The maximum Gasteiger partial charge on any atom is 0.337 e. The first-order valence-corrected chi connectivity index (χ1v) is 6.72. The molecule has 2 aromatic rings. The number of thiophene rings is 1. The van der Waals surface area contributed by atoms with E-state index >= 15 is 0 Å². The lowest BCUT2D eigenvalue weighted by Gasteiger charge is -2.18. The van der Waals surface area contributed by atoms with Crippen molar-refractivity contribution in [2.75, 3.05) is 5.32 Å². The van der Waals surface area contributed by atoms with E-state index in [-0.39, 0.29) is 6.04 Å². The summed E-state index contributed by atoms with van der Waals surface area (Å²) in [4.78, 5) is 12.4. The van der Waals surface area contributed by atoms with E-state index in [1.54, 1.807) is 29.5 Å². The SMILES string of the molecule is CCC(Nc1ccccc1C(=O)O)c1cccs1. The number of hydrogen-bond acceptors (Lipinski definition) is 3. The van der Waals surface area contributed by atoms with Crippen LogP contribution < -0.4 is 5.32 Å². The fourth-order valence-corrected chi connectivity index (χ4v) is 2.71. The number of rotatable bonds is 5. The van der Waals surface area contributed by atoms with Crippen molar-refractivity contribution < 1.29 is 9.90 Å². The Balaban J connectivity index is 2.25. The van der Waals surface area contributed by atoms with Gasteiger partial charge in [-0.1, -0.05) is 25.1 Å². The number of carboxylic acids is 1. The molecule has 0 saturated heterocycles. The lowest BCUT2D eigenvalue weighted by atomic mass is 10.1. The normalized spacial score (nSPS) is 12.1. The second-order valence-electron chi connectivity index (χ2n) is 3.97. The third kappa shape index (κ3) is 2.71. The number of carbonyl (C=O) groups is 1. The van der Waals surface area contributed by atoms with Crippen LogP contribution >= 0.6 is 11.3 Å². The van der Waals surface area contributed by atoms with E-state index in [9.17, 15) is 4.79 Å². The number of carboxylic acid groups (broad SMARTS) is 1. The molecule has 18 heavy (non-hydrogen) atoms. The van der Waals surface area contributed by atoms with Crippen molar-refractivity contribution in [3.05, 3.63) is 52.2 Å². The first kappa shape index (κ1) is 12.6. The molecule has 1 aromatic carbocycles. The molecule has 1 unspecified atom stereocenters. The van der Waals surface area contributed by atoms with Crippen LogP contribution in [-0.4, -0.2) is 11.1 Å². The summed E-state index contributed by atoms with van der Waals surface area (Å²) in [6.07, 6.45) is 0.911. The summed E-state index contributed by atoms with van der Waals surface area (Å²) in [6, 6.07) is 11.2. The van der Waals surface area contributed by atoms with Crippen LogP contribution in [0, 0.1) is 0 Å². The molecule has 94 valence electrons. The zero-order valence-electron chi connectivity index (χ0n) is 10.1. The molecule has 0 aliphatic carbocycles. The molecule has 2 N–H and O–H groups in total. The van der Waals surface area contributed by atoms with Crippen LogP contribution in [0.1, 0.15) is 34.6 Å². The Hall–Kier alpha value is -1.81. The molecule has 3 nitrogen and oxygen atoms in total. The Morgan fingerprint density at radius 2 is 2.11 bits per heavy atom. The van der Waals surface area contributed by atoms with Gasteiger partial charge in [-0.3, -0.25) is 0 Å². The molecule has 0 aliphatic rings. The van der Waals surface area contributed by atoms with Gasteiger partial charge in [0.25, 0.3) is 0 Å². The summed E-state index contributed by atoms with van der Waals surface area (Å²) in [5.41, 5.74) is 0.984. The Bertz CT molecular complexity index is 522. The lowest BCUT2D eigenvalue weighted by Crippen LogP contribution is -2.11. The zero-order valence-corrected chi connectivity index (χ0v) is 10.9. The highest BCUT2D eigenvalue weighted by Gasteiger charge is 2.14. The van der Waals surface area contributed by atoms with Gasteiger partial charge < -0.3 is 10.4 Å². The average Bonchev–Trinajstić information content (AvgIpc) is 2.90. The van der Waals surface area contributed by atoms with Crippen LogP contribution in [0.4, 0.5) is 5.69 Å². The summed E-state index contributed by atoms with van der Waals surface area (Å²) in [6.45, 7) is 2.08. The average molecular weight is 261 g/mol. The van der Waals surface area contributed by atoms with Crippen molar-refractivity contribution >= 4 is 23.0 Å². The number of aromatic carboxylic acids is 1. The van der Waals surface area contributed by atoms with Crippen LogP contribution in [0.5, 0.6) is 0 Å². The standard InChI is InChI=1S/C14H15NO2S/c1-2-11(13-8-5-9-18-13)15-12-7-4-3-6-10(12)14(16)17/h3-9,11,15H,2H2,1H3,(H,16,17). The van der Waals surface area contributed by atoms with E-state index < -0.39 is 5.97 Å². The fraction of sp³-hybridized carbons (Fsp3) is 0.214. The largest absolute Gasteiger partial charge is 0.478 e. The topological polar surface area (TPSA) is 49.3 Å². The van der Waals surface area contributed by atoms with Gasteiger partial charge in [0, 0.05) is 10.6 Å². The Kier molecular flexibility index (Phi) is 3.99. The van der Waals surface area contributed by atoms with Gasteiger partial charge in [-0.15, -0.1) is 11.3 Å². The molecular weight excluding hydrogens is 246 g/mol. The van der Waals surface area contributed by atoms with Gasteiger partial charge in [0.15, 0.2) is 0 Å². The molecule has 0 aliphatic heterocycles. The van der Waals surface area contributed by atoms with Gasteiger partial charge in [-0.25, -0.2) is 4.79 Å². The number of nitrogens with one attached hydrogen (secondary N) is 1. The van der Waals surface area contributed by atoms with E-state index in [1.807, 2.05) is 17.5 Å². The van der Waals surface area contributed by atoms with Gasteiger partial charge in [-0.2, -0.15) is 0 Å². The van der Waals surface area contributed by atoms with Crippen LogP contribution in [0.3, 0.4) is 0 Å². The highest BCUT2D eigenvalue weighted by atomic mass is 32.1. The fourth-order valence-electron chi connectivity index (χ4n) is 1.85. The minimum Gasteiger partial charge on any atom is -0.478 e. The van der Waals surface area contributed by atoms with Crippen LogP contribution in [-0.2, 0) is 0 Å². The Morgan fingerprint density at radius 3 is 2.72 bits per heavy atom. The third-order valence-electron chi connectivity index (χ3n) is 2.78. The second-order valence-corrected chi connectivity index (χ2v) is 4.95. The first-order chi connectivity index (χ1) is 8.72. The van der Waals surface area contributed by atoms with Crippen LogP contribution in [0.2, 0.25) is 0 Å². The summed E-state index contributed by atoms with van der Waals surface area (Å²) < 4.78 is 0. The third-order valence-corrected chi connectivity index (χ3v) is 3.77. The predicted molar refractivity (Wildman–Crippen MR) is 74.4 cm³/mol. The van der Waals surface area contributed by atoms with Crippen LogP contribution in [0.15, 0.2) is 41.8 Å².